The molecule has 0 radical (unpaired) electrons. The number of benzene rings is 3. The molecule has 10 heteroatoms. The number of ether oxygens (including phenoxy) is 2. The minimum atomic E-state index is -0.702. The third-order valence-electron chi connectivity index (χ3n) is 6.38. The second kappa shape index (κ2) is 11.7. The summed E-state index contributed by atoms with van der Waals surface area (Å²) < 4.78 is 13.5. The molecule has 0 bridgehead atoms. The van der Waals surface area contributed by atoms with Crippen LogP contribution >= 0.6 is 33.9 Å². The molecular weight excluding hydrogens is 641 g/mol. The number of carbonyl (C=O) groups is 1. The van der Waals surface area contributed by atoms with E-state index in [2.05, 4.69) is 5.32 Å². The van der Waals surface area contributed by atoms with Crippen LogP contribution in [-0.2, 0) is 4.79 Å². The van der Waals surface area contributed by atoms with Crippen molar-refractivity contribution >= 4 is 51.6 Å². The quantitative estimate of drug-likeness (QED) is 0.281. The molecule has 0 saturated carbocycles. The second-order valence-electron chi connectivity index (χ2n) is 8.96. The second-order valence-corrected chi connectivity index (χ2v) is 11.1. The summed E-state index contributed by atoms with van der Waals surface area (Å²) in [7, 11) is 1.59. The average Bonchev–Trinajstić information content (AvgIpc) is 3.25. The van der Waals surface area contributed by atoms with Crippen molar-refractivity contribution in [1.29, 1.82) is 0 Å². The van der Waals surface area contributed by atoms with Gasteiger partial charge in [0.2, 0.25) is 0 Å². The maximum Gasteiger partial charge on any atom is 0.271 e. The van der Waals surface area contributed by atoms with Gasteiger partial charge in [-0.05, 0) is 90.0 Å². The molecule has 0 aliphatic carbocycles. The van der Waals surface area contributed by atoms with E-state index in [1.54, 1.807) is 61.1 Å². The Balaban J connectivity index is 1.67. The smallest absolute Gasteiger partial charge is 0.271 e. The number of carbonyl (C=O) groups excluding carboxylic acids is 1. The first kappa shape index (κ1) is 27.7. The number of methoxy groups -OCH3 is 1. The number of amides is 1. The molecule has 1 amide bonds. The molecule has 0 unspecified atom stereocenters. The predicted octanol–water partition coefficient (Wildman–Crippen LogP) is 4.59. The fourth-order valence-electron chi connectivity index (χ4n) is 4.53. The number of phenolic OH excluding ortho intramolecular Hbond substituents is 1. The van der Waals surface area contributed by atoms with Gasteiger partial charge in [-0.1, -0.05) is 41.7 Å². The zero-order valence-electron chi connectivity index (χ0n) is 22.0. The fraction of sp³-hybridized carbons (Fsp3) is 0.167. The van der Waals surface area contributed by atoms with Gasteiger partial charge in [0.1, 0.15) is 5.75 Å². The number of fused-ring (bicyclic) bond motifs is 1. The molecule has 0 saturated heterocycles. The van der Waals surface area contributed by atoms with Crippen LogP contribution in [0.2, 0.25) is 0 Å². The zero-order valence-corrected chi connectivity index (χ0v) is 24.9. The Morgan fingerprint density at radius 2 is 1.90 bits per heavy atom. The molecule has 0 fully saturated rings. The lowest BCUT2D eigenvalue weighted by Gasteiger charge is -2.25. The Morgan fingerprint density at radius 1 is 1.18 bits per heavy atom. The summed E-state index contributed by atoms with van der Waals surface area (Å²) in [6.45, 7) is 4.01. The first-order valence-corrected chi connectivity index (χ1v) is 14.4. The predicted molar refractivity (Wildman–Crippen MR) is 164 cm³/mol. The van der Waals surface area contributed by atoms with Crippen molar-refractivity contribution in [3.8, 4) is 17.2 Å². The summed E-state index contributed by atoms with van der Waals surface area (Å²) in [6.07, 6.45) is 1.75. The molecule has 4 aromatic rings. The van der Waals surface area contributed by atoms with Gasteiger partial charge < -0.3 is 19.9 Å². The van der Waals surface area contributed by atoms with Gasteiger partial charge in [0.25, 0.3) is 11.5 Å². The van der Waals surface area contributed by atoms with Gasteiger partial charge in [-0.2, -0.15) is 0 Å². The summed E-state index contributed by atoms with van der Waals surface area (Å²) in [5.74, 6) is 0.738. The van der Waals surface area contributed by atoms with Crippen molar-refractivity contribution < 1.29 is 19.4 Å². The highest BCUT2D eigenvalue weighted by Gasteiger charge is 2.32. The Morgan fingerprint density at radius 3 is 2.58 bits per heavy atom. The fourth-order valence-corrected chi connectivity index (χ4v) is 6.20. The molecule has 0 spiro atoms. The third-order valence-corrected chi connectivity index (χ3v) is 8.18. The molecule has 3 aromatic carbocycles. The Kier molecular flexibility index (Phi) is 8.08. The first-order chi connectivity index (χ1) is 19.3. The van der Waals surface area contributed by atoms with Gasteiger partial charge in [0, 0.05) is 5.69 Å². The SMILES string of the molecule is CCOc1cc(/C=c2/sc3n(c2=O)[C@H](c2ccc(OC)cc2)C(C(=O)Nc2ccccc2)=C(C)N=3)cc(I)c1O. The standard InChI is InChI=1S/C30H26IN3O5S/c1-4-39-23-15-18(14-22(31)27(23)35)16-24-29(37)34-26(19-10-12-21(38-3)13-11-19)25(17(2)32-30(34)40-24)28(36)33-20-8-6-5-7-9-20/h5-16,26,35H,4H2,1-3H3,(H,33,36)/b24-16+/t26-/m1/s1. The number of para-hydroxylation sites is 1. The van der Waals surface area contributed by atoms with E-state index >= 15 is 0 Å². The van der Waals surface area contributed by atoms with E-state index in [1.165, 1.54) is 11.3 Å². The van der Waals surface area contributed by atoms with Gasteiger partial charge in [-0.25, -0.2) is 4.99 Å². The van der Waals surface area contributed by atoms with Crippen LogP contribution in [0, 0.1) is 3.57 Å². The van der Waals surface area contributed by atoms with E-state index in [9.17, 15) is 14.7 Å². The van der Waals surface area contributed by atoms with Gasteiger partial charge >= 0.3 is 0 Å². The van der Waals surface area contributed by atoms with Crippen molar-refractivity contribution in [2.24, 2.45) is 4.99 Å². The average molecular weight is 668 g/mol. The highest BCUT2D eigenvalue weighted by molar-refractivity contribution is 14.1. The van der Waals surface area contributed by atoms with E-state index in [0.29, 0.717) is 53.5 Å². The molecule has 1 atom stereocenters. The lowest BCUT2D eigenvalue weighted by molar-refractivity contribution is -0.113. The topological polar surface area (TPSA) is 102 Å². The van der Waals surface area contributed by atoms with Crippen molar-refractivity contribution in [2.45, 2.75) is 19.9 Å². The maximum absolute atomic E-state index is 13.9. The number of anilines is 1. The van der Waals surface area contributed by atoms with Gasteiger partial charge in [0.15, 0.2) is 16.3 Å². The maximum atomic E-state index is 13.9. The molecule has 1 aromatic heterocycles. The molecule has 40 heavy (non-hydrogen) atoms. The lowest BCUT2D eigenvalue weighted by Crippen LogP contribution is -2.40. The number of halogens is 1. The number of allylic oxidation sites excluding steroid dienone is 1. The summed E-state index contributed by atoms with van der Waals surface area (Å²) in [6, 6.07) is 19.3. The first-order valence-electron chi connectivity index (χ1n) is 12.5. The number of nitrogens with zero attached hydrogens (tertiary/aromatic N) is 2. The number of hydrogen-bond acceptors (Lipinski definition) is 7. The highest BCUT2D eigenvalue weighted by atomic mass is 127. The minimum Gasteiger partial charge on any atom is -0.504 e. The molecule has 2 N–H and O–H groups in total. The molecule has 2 heterocycles. The van der Waals surface area contributed by atoms with E-state index in [0.717, 1.165) is 5.56 Å². The summed E-state index contributed by atoms with van der Waals surface area (Å²) in [5, 5.41) is 13.3. The number of thiazole rings is 1. The largest absolute Gasteiger partial charge is 0.504 e. The summed E-state index contributed by atoms with van der Waals surface area (Å²) in [5.41, 5.74) is 2.73. The van der Waals surface area contributed by atoms with Crippen LogP contribution in [0.25, 0.3) is 6.08 Å². The van der Waals surface area contributed by atoms with Crippen LogP contribution in [0.4, 0.5) is 5.69 Å². The summed E-state index contributed by atoms with van der Waals surface area (Å²) >= 11 is 3.28. The van der Waals surface area contributed by atoms with E-state index in [-0.39, 0.29) is 17.2 Å². The van der Waals surface area contributed by atoms with Gasteiger partial charge in [0.05, 0.1) is 39.1 Å². The molecule has 1 aliphatic heterocycles. The number of nitrogens with one attached hydrogen (secondary N) is 1. The van der Waals surface area contributed by atoms with E-state index < -0.39 is 6.04 Å². The Labute approximate surface area is 248 Å². The number of rotatable bonds is 7. The van der Waals surface area contributed by atoms with Crippen molar-refractivity contribution in [3.05, 3.63) is 112 Å². The molecular formula is C30H26IN3O5S. The van der Waals surface area contributed by atoms with E-state index in [4.69, 9.17) is 14.5 Å². The number of aromatic hydroxyl groups is 1. The van der Waals surface area contributed by atoms with Crippen LogP contribution in [0.5, 0.6) is 17.2 Å². The summed E-state index contributed by atoms with van der Waals surface area (Å²) in [4.78, 5) is 32.8. The number of phenols is 1. The van der Waals surface area contributed by atoms with Crippen LogP contribution in [0.3, 0.4) is 0 Å². The van der Waals surface area contributed by atoms with Crippen LogP contribution in [0.15, 0.2) is 87.8 Å². The Hall–Kier alpha value is -3.90. The van der Waals surface area contributed by atoms with Crippen molar-refractivity contribution in [2.75, 3.05) is 19.0 Å². The van der Waals surface area contributed by atoms with Crippen LogP contribution in [0.1, 0.15) is 31.0 Å². The highest BCUT2D eigenvalue weighted by Crippen LogP contribution is 2.34. The minimum absolute atomic E-state index is 0.0604. The normalized spacial score (nSPS) is 14.9. The van der Waals surface area contributed by atoms with Crippen molar-refractivity contribution in [3.63, 3.8) is 0 Å². The van der Waals surface area contributed by atoms with Crippen molar-refractivity contribution in [1.82, 2.24) is 4.57 Å². The molecule has 1 aliphatic rings. The Bertz CT molecular complexity index is 1790. The zero-order chi connectivity index (χ0) is 28.4. The van der Waals surface area contributed by atoms with Crippen LogP contribution in [-0.4, -0.2) is 29.3 Å². The molecule has 204 valence electrons. The monoisotopic (exact) mass is 667 g/mol. The molecule has 5 rings (SSSR count). The number of hydrogen-bond donors (Lipinski definition) is 2. The van der Waals surface area contributed by atoms with Crippen LogP contribution < -0.4 is 29.7 Å². The van der Waals surface area contributed by atoms with Gasteiger partial charge in [-0.3, -0.25) is 14.2 Å². The van der Waals surface area contributed by atoms with E-state index in [1.807, 2.05) is 59.8 Å². The molecule has 8 nitrogen and oxygen atoms in total. The number of aromatic nitrogens is 1. The van der Waals surface area contributed by atoms with Gasteiger partial charge in [-0.15, -0.1) is 0 Å². The lowest BCUT2D eigenvalue weighted by atomic mass is 9.95. The third kappa shape index (κ3) is 5.41.